The number of allylic oxidation sites excluding steroid dienone is 1. The Morgan fingerprint density at radius 3 is 2.13 bits per heavy atom. The zero-order chi connectivity index (χ0) is 34.6. The fourth-order valence-electron chi connectivity index (χ4n) is 12.0. The van der Waals surface area contributed by atoms with Crippen LogP contribution in [0.15, 0.2) is 11.6 Å². The molecule has 0 aromatic rings. The number of carbonyl (C=O) groups excluding carboxylic acids is 2. The van der Waals surface area contributed by atoms with Gasteiger partial charge >= 0.3 is 11.9 Å². The summed E-state index contributed by atoms with van der Waals surface area (Å²) in [6, 6.07) is 0. The molecule has 5 rings (SSSR count). The van der Waals surface area contributed by atoms with E-state index in [9.17, 15) is 35.1 Å². The quantitative estimate of drug-likeness (QED) is 0.217. The summed E-state index contributed by atoms with van der Waals surface area (Å²) < 4.78 is 11.3. The second kappa shape index (κ2) is 11.0. The Kier molecular flexibility index (Phi) is 8.55. The van der Waals surface area contributed by atoms with Crippen LogP contribution < -0.4 is 0 Å². The van der Waals surface area contributed by atoms with E-state index in [-0.39, 0.29) is 29.3 Å². The Morgan fingerprint density at radius 1 is 0.935 bits per heavy atom. The molecule has 9 heteroatoms. The highest BCUT2D eigenvalue weighted by Crippen LogP contribution is 2.75. The monoisotopic (exact) mass is 648 g/mol. The van der Waals surface area contributed by atoms with Crippen LogP contribution in [0.25, 0.3) is 0 Å². The molecule has 0 amide bonds. The van der Waals surface area contributed by atoms with Crippen LogP contribution in [0, 0.1) is 50.2 Å². The summed E-state index contributed by atoms with van der Waals surface area (Å²) >= 11 is 0. The summed E-state index contributed by atoms with van der Waals surface area (Å²) in [7, 11) is 0. The van der Waals surface area contributed by atoms with Gasteiger partial charge in [-0.15, -0.1) is 0 Å². The highest BCUT2D eigenvalue weighted by atomic mass is 16.6. The normalized spacial score (nSPS) is 48.7. The van der Waals surface area contributed by atoms with Gasteiger partial charge in [-0.1, -0.05) is 67.0 Å². The number of hydrogen-bond acceptors (Lipinski definition) is 9. The van der Waals surface area contributed by atoms with Crippen LogP contribution in [0.2, 0.25) is 0 Å². The van der Waals surface area contributed by atoms with Gasteiger partial charge in [0.1, 0.15) is 12.2 Å². The molecule has 4 fully saturated rings. The lowest BCUT2D eigenvalue weighted by molar-refractivity contribution is -0.291. The lowest BCUT2D eigenvalue weighted by Crippen LogP contribution is -2.76. The van der Waals surface area contributed by atoms with E-state index < -0.39 is 76.1 Å². The topological polar surface area (TPSA) is 154 Å². The van der Waals surface area contributed by atoms with Gasteiger partial charge in [0.25, 0.3) is 0 Å². The maximum absolute atomic E-state index is 13.5. The Morgan fingerprint density at radius 2 is 1.57 bits per heavy atom. The Hall–Kier alpha value is -1.52. The molecule has 0 aliphatic heterocycles. The van der Waals surface area contributed by atoms with Crippen LogP contribution in [0.5, 0.6) is 0 Å². The molecule has 5 aliphatic carbocycles. The molecule has 262 valence electrons. The van der Waals surface area contributed by atoms with E-state index in [1.165, 1.54) is 13.8 Å². The third kappa shape index (κ3) is 4.43. The highest BCUT2D eigenvalue weighted by molar-refractivity contribution is 5.82. The Bertz CT molecular complexity index is 1280. The van der Waals surface area contributed by atoms with Crippen LogP contribution in [0.3, 0.4) is 0 Å². The van der Waals surface area contributed by atoms with Crippen molar-refractivity contribution in [1.29, 1.82) is 0 Å². The minimum Gasteiger partial charge on any atom is -0.456 e. The first-order chi connectivity index (χ1) is 21.1. The van der Waals surface area contributed by atoms with E-state index in [2.05, 4.69) is 40.7 Å². The second-order valence-corrected chi connectivity index (χ2v) is 17.9. The summed E-state index contributed by atoms with van der Waals surface area (Å²) in [4.78, 5) is 25.3. The molecule has 0 spiro atoms. The van der Waals surface area contributed by atoms with E-state index in [0.29, 0.717) is 12.3 Å². The van der Waals surface area contributed by atoms with Crippen molar-refractivity contribution >= 4 is 11.9 Å². The lowest BCUT2D eigenvalue weighted by atomic mass is 9.32. The molecule has 0 saturated heterocycles. The van der Waals surface area contributed by atoms with Crippen molar-refractivity contribution in [3.63, 3.8) is 0 Å². The van der Waals surface area contributed by atoms with E-state index in [1.54, 1.807) is 6.92 Å². The zero-order valence-corrected chi connectivity index (χ0v) is 29.7. The molecule has 5 N–H and O–H groups in total. The summed E-state index contributed by atoms with van der Waals surface area (Å²) in [5.41, 5.74) is -4.53. The van der Waals surface area contributed by atoms with Crippen LogP contribution in [0.1, 0.15) is 114 Å². The van der Waals surface area contributed by atoms with Crippen molar-refractivity contribution in [2.45, 2.75) is 150 Å². The van der Waals surface area contributed by atoms with Gasteiger partial charge in [0.2, 0.25) is 5.60 Å². The second-order valence-electron chi connectivity index (χ2n) is 17.9. The number of esters is 2. The van der Waals surface area contributed by atoms with Crippen molar-refractivity contribution in [2.24, 2.45) is 50.2 Å². The molecule has 6 unspecified atom stereocenters. The minimum absolute atomic E-state index is 0.0739. The van der Waals surface area contributed by atoms with Crippen LogP contribution in [0.4, 0.5) is 0 Å². The average Bonchev–Trinajstić information content (AvgIpc) is 2.96. The minimum atomic E-state index is -1.59. The average molecular weight is 649 g/mol. The van der Waals surface area contributed by atoms with Crippen LogP contribution >= 0.6 is 0 Å². The van der Waals surface area contributed by atoms with E-state index in [4.69, 9.17) is 9.47 Å². The van der Waals surface area contributed by atoms with Crippen LogP contribution in [-0.4, -0.2) is 80.2 Å². The molecular formula is C37H60O9. The Balaban J connectivity index is 1.58. The molecule has 9 nitrogen and oxygen atoms in total. The van der Waals surface area contributed by atoms with Gasteiger partial charge in [-0.05, 0) is 85.9 Å². The molecule has 0 bridgehead atoms. The summed E-state index contributed by atoms with van der Waals surface area (Å²) in [6.07, 6.45) is 1.09. The van der Waals surface area contributed by atoms with Crippen molar-refractivity contribution in [2.75, 3.05) is 6.61 Å². The molecular weight excluding hydrogens is 588 g/mol. The molecule has 4 saturated carbocycles. The number of aliphatic hydroxyl groups is 5. The molecule has 46 heavy (non-hydrogen) atoms. The lowest BCUT2D eigenvalue weighted by Gasteiger charge is -2.73. The third-order valence-corrected chi connectivity index (χ3v) is 15.2. The first-order valence-electron chi connectivity index (χ1n) is 17.5. The summed E-state index contributed by atoms with van der Waals surface area (Å²) in [5, 5.41) is 58.9. The highest BCUT2D eigenvalue weighted by Gasteiger charge is 2.75. The first kappa shape index (κ1) is 35.8. The van der Waals surface area contributed by atoms with Crippen molar-refractivity contribution in [3.8, 4) is 0 Å². The molecule has 13 atom stereocenters. The van der Waals surface area contributed by atoms with Gasteiger partial charge in [0.05, 0.1) is 30.3 Å². The maximum Gasteiger partial charge on any atom is 0.350 e. The first-order valence-corrected chi connectivity index (χ1v) is 17.5. The van der Waals surface area contributed by atoms with Crippen molar-refractivity contribution in [3.05, 3.63) is 11.6 Å². The predicted molar refractivity (Wildman–Crippen MR) is 172 cm³/mol. The number of carbonyl (C=O) groups is 2. The van der Waals surface area contributed by atoms with Gasteiger partial charge in [-0.2, -0.15) is 0 Å². The van der Waals surface area contributed by atoms with Gasteiger partial charge < -0.3 is 35.0 Å². The van der Waals surface area contributed by atoms with Crippen molar-refractivity contribution in [1.82, 2.24) is 0 Å². The van der Waals surface area contributed by atoms with E-state index >= 15 is 0 Å². The number of fused-ring (bicyclic) bond motifs is 7. The molecule has 5 aliphatic rings. The van der Waals surface area contributed by atoms with Gasteiger partial charge in [-0.25, -0.2) is 4.79 Å². The summed E-state index contributed by atoms with van der Waals surface area (Å²) in [6.45, 7) is 18.7. The summed E-state index contributed by atoms with van der Waals surface area (Å²) in [5.74, 6) is -1.41. The zero-order valence-electron chi connectivity index (χ0n) is 29.7. The number of ether oxygens (including phenoxy) is 2. The SMILES string of the molecule is CCC(C)(OC(C)=O)C(=O)OC1C(O)[C@]2(CO)C(O)C(O)[C@]3(C)C(=CC[C@@H]4[C@@]5(C)CCC(O)C(C)(C)[C@@H]5CC[C@]43C)[C@@H]2CC1(C)C. The van der Waals surface area contributed by atoms with Gasteiger partial charge in [0, 0.05) is 17.8 Å². The largest absolute Gasteiger partial charge is 0.456 e. The van der Waals surface area contributed by atoms with E-state index in [0.717, 1.165) is 37.7 Å². The van der Waals surface area contributed by atoms with E-state index in [1.807, 2.05) is 13.8 Å². The number of rotatable bonds is 5. The fourth-order valence-corrected chi connectivity index (χ4v) is 12.0. The molecule has 0 aromatic carbocycles. The van der Waals surface area contributed by atoms with Gasteiger partial charge in [0.15, 0.2) is 0 Å². The van der Waals surface area contributed by atoms with Crippen molar-refractivity contribution < 1.29 is 44.6 Å². The third-order valence-electron chi connectivity index (χ3n) is 15.2. The maximum atomic E-state index is 13.5. The predicted octanol–water partition coefficient (Wildman–Crippen LogP) is 4.31. The standard InChI is InChI=1S/C37H60O9/c1-11-35(9,46-20(2)39)30(44)45-29-28(43)37(19-38)22(18-31(29,3)4)21-12-13-24-33(7)16-15-25(40)32(5,6)23(33)14-17-34(24,8)36(21,10)26(41)27(37)42/h12,22-29,38,40-43H,11,13-19H2,1-10H3/t22-,23-,24+,25?,26?,27?,28?,29?,33-,34+,35?,36-,37-/m0/s1. The van der Waals surface area contributed by atoms with Crippen LogP contribution in [-0.2, 0) is 19.1 Å². The fraction of sp³-hybridized carbons (Fsp3) is 0.892. The molecule has 0 heterocycles. The molecule has 0 aromatic heterocycles. The number of hydrogen-bond donors (Lipinski definition) is 5. The smallest absolute Gasteiger partial charge is 0.350 e. The Labute approximate surface area is 275 Å². The molecule has 0 radical (unpaired) electrons. The van der Waals surface area contributed by atoms with Gasteiger partial charge in [-0.3, -0.25) is 4.79 Å². The number of aliphatic hydroxyl groups excluding tert-OH is 5.